The highest BCUT2D eigenvalue weighted by atomic mass is 16.8. The van der Waals surface area contributed by atoms with Crippen LogP contribution in [0.15, 0.2) is 12.1 Å². The molecule has 0 aliphatic carbocycles. The van der Waals surface area contributed by atoms with Crippen molar-refractivity contribution in [3.05, 3.63) is 12.1 Å². The standard InChI is InChI=1S/C12H15NO6/c14-10-3-4-11(15)13(10)19-12(16)18-9-5-7-1-2-8(6-9)17-7/h3-4,7-9,14-15H,1-2,5-6H2/t7-,8+,9?. The van der Waals surface area contributed by atoms with Gasteiger partial charge < -0.3 is 19.7 Å². The summed E-state index contributed by atoms with van der Waals surface area (Å²) in [4.78, 5) is 16.3. The molecule has 2 aliphatic rings. The number of fused-ring (bicyclic) bond motifs is 2. The summed E-state index contributed by atoms with van der Waals surface area (Å²) in [5.41, 5.74) is 0. The molecule has 2 N–H and O–H groups in total. The molecule has 104 valence electrons. The number of rotatable bonds is 2. The van der Waals surface area contributed by atoms with Gasteiger partial charge in [-0.15, -0.1) is 4.73 Å². The number of hydrogen-bond donors (Lipinski definition) is 2. The maximum Gasteiger partial charge on any atom is 0.534 e. The molecule has 0 spiro atoms. The van der Waals surface area contributed by atoms with Crippen LogP contribution in [0.3, 0.4) is 0 Å². The van der Waals surface area contributed by atoms with Crippen LogP contribution in [0.4, 0.5) is 4.79 Å². The molecule has 7 nitrogen and oxygen atoms in total. The number of carbonyl (C=O) groups is 1. The number of aromatic hydroxyl groups is 2. The Hall–Kier alpha value is -1.89. The third kappa shape index (κ3) is 2.46. The molecule has 0 aromatic carbocycles. The fourth-order valence-electron chi connectivity index (χ4n) is 2.63. The predicted molar refractivity (Wildman–Crippen MR) is 61.7 cm³/mol. The normalized spacial score (nSPS) is 29.2. The van der Waals surface area contributed by atoms with Crippen molar-refractivity contribution in [2.24, 2.45) is 0 Å². The van der Waals surface area contributed by atoms with E-state index in [1.165, 1.54) is 12.1 Å². The fraction of sp³-hybridized carbons (Fsp3) is 0.583. The van der Waals surface area contributed by atoms with E-state index in [-0.39, 0.29) is 30.1 Å². The molecular weight excluding hydrogens is 254 g/mol. The number of hydrogen-bond acceptors (Lipinski definition) is 6. The van der Waals surface area contributed by atoms with E-state index < -0.39 is 6.16 Å². The van der Waals surface area contributed by atoms with Gasteiger partial charge in [0.25, 0.3) is 0 Å². The third-order valence-corrected chi connectivity index (χ3v) is 3.47. The molecule has 7 heteroatoms. The maximum absolute atomic E-state index is 11.6. The Morgan fingerprint density at radius 2 is 1.79 bits per heavy atom. The van der Waals surface area contributed by atoms with E-state index in [0.717, 1.165) is 12.8 Å². The lowest BCUT2D eigenvalue weighted by molar-refractivity contribution is -0.0729. The molecule has 3 rings (SSSR count). The van der Waals surface area contributed by atoms with Gasteiger partial charge in [0.05, 0.1) is 12.2 Å². The van der Waals surface area contributed by atoms with Gasteiger partial charge in [0.1, 0.15) is 6.10 Å². The molecular formula is C12H15NO6. The minimum Gasteiger partial charge on any atom is -0.492 e. The molecule has 2 aliphatic heterocycles. The van der Waals surface area contributed by atoms with Crippen molar-refractivity contribution >= 4 is 6.16 Å². The first-order valence-electron chi connectivity index (χ1n) is 6.26. The summed E-state index contributed by atoms with van der Waals surface area (Å²) in [5, 5.41) is 18.7. The van der Waals surface area contributed by atoms with Gasteiger partial charge in [-0.25, -0.2) is 4.79 Å². The average molecular weight is 269 g/mol. The van der Waals surface area contributed by atoms with Crippen molar-refractivity contribution in [1.82, 2.24) is 4.73 Å². The van der Waals surface area contributed by atoms with Crippen molar-refractivity contribution in [3.8, 4) is 11.8 Å². The van der Waals surface area contributed by atoms with E-state index in [2.05, 4.69) is 0 Å². The fourth-order valence-corrected chi connectivity index (χ4v) is 2.63. The van der Waals surface area contributed by atoms with Gasteiger partial charge in [0, 0.05) is 25.0 Å². The quantitative estimate of drug-likeness (QED) is 0.783. The predicted octanol–water partition coefficient (Wildman–Crippen LogP) is 1.17. The van der Waals surface area contributed by atoms with Crippen molar-refractivity contribution in [2.75, 3.05) is 0 Å². The lowest BCUT2D eigenvalue weighted by Crippen LogP contribution is -2.34. The summed E-state index contributed by atoms with van der Waals surface area (Å²) in [5.74, 6) is -0.747. The van der Waals surface area contributed by atoms with Gasteiger partial charge in [-0.1, -0.05) is 0 Å². The van der Waals surface area contributed by atoms with E-state index in [0.29, 0.717) is 17.6 Å². The Morgan fingerprint density at radius 1 is 1.21 bits per heavy atom. The van der Waals surface area contributed by atoms with Crippen LogP contribution in [-0.2, 0) is 9.47 Å². The maximum atomic E-state index is 11.6. The van der Waals surface area contributed by atoms with Gasteiger partial charge >= 0.3 is 6.16 Å². The van der Waals surface area contributed by atoms with Crippen LogP contribution in [0.5, 0.6) is 11.8 Å². The number of ether oxygens (including phenoxy) is 2. The molecule has 2 saturated heterocycles. The van der Waals surface area contributed by atoms with Crippen molar-refractivity contribution in [3.63, 3.8) is 0 Å². The lowest BCUT2D eigenvalue weighted by atomic mass is 10.1. The largest absolute Gasteiger partial charge is 0.534 e. The van der Waals surface area contributed by atoms with Gasteiger partial charge in [0.2, 0.25) is 11.8 Å². The van der Waals surface area contributed by atoms with Crippen LogP contribution in [0.2, 0.25) is 0 Å². The number of nitrogens with zero attached hydrogens (tertiary/aromatic N) is 1. The van der Waals surface area contributed by atoms with Crippen LogP contribution in [-0.4, -0.2) is 39.4 Å². The summed E-state index contributed by atoms with van der Waals surface area (Å²) >= 11 is 0. The van der Waals surface area contributed by atoms with Gasteiger partial charge in [0.15, 0.2) is 0 Å². The zero-order valence-corrected chi connectivity index (χ0v) is 10.2. The Morgan fingerprint density at radius 3 is 2.37 bits per heavy atom. The second kappa shape index (κ2) is 4.65. The van der Waals surface area contributed by atoms with Crippen molar-refractivity contribution in [1.29, 1.82) is 0 Å². The molecule has 1 aromatic heterocycles. The molecule has 0 amide bonds. The first-order valence-corrected chi connectivity index (χ1v) is 6.26. The van der Waals surface area contributed by atoms with Gasteiger partial charge in [-0.2, -0.15) is 0 Å². The lowest BCUT2D eigenvalue weighted by Gasteiger charge is -2.27. The highest BCUT2D eigenvalue weighted by Gasteiger charge is 2.37. The van der Waals surface area contributed by atoms with Crippen LogP contribution >= 0.6 is 0 Å². The van der Waals surface area contributed by atoms with Crippen LogP contribution in [0.1, 0.15) is 25.7 Å². The van der Waals surface area contributed by atoms with E-state index in [9.17, 15) is 15.0 Å². The summed E-state index contributed by atoms with van der Waals surface area (Å²) in [6.45, 7) is 0. The molecule has 0 saturated carbocycles. The summed E-state index contributed by atoms with van der Waals surface area (Å²) in [6.07, 6.45) is 2.45. The van der Waals surface area contributed by atoms with E-state index in [1.807, 2.05) is 0 Å². The summed E-state index contributed by atoms with van der Waals surface area (Å²) in [6, 6.07) is 2.41. The van der Waals surface area contributed by atoms with Crippen molar-refractivity contribution < 1.29 is 29.3 Å². The summed E-state index contributed by atoms with van der Waals surface area (Å²) < 4.78 is 11.4. The van der Waals surface area contributed by atoms with Gasteiger partial charge in [-0.3, -0.25) is 4.84 Å². The third-order valence-electron chi connectivity index (χ3n) is 3.47. The van der Waals surface area contributed by atoms with E-state index in [1.54, 1.807) is 0 Å². The smallest absolute Gasteiger partial charge is 0.492 e. The van der Waals surface area contributed by atoms with E-state index in [4.69, 9.17) is 14.3 Å². The Kier molecular flexibility index (Phi) is 2.98. The molecule has 3 heterocycles. The monoisotopic (exact) mass is 269 g/mol. The Labute approximate surface area is 109 Å². The molecule has 1 aromatic rings. The minimum atomic E-state index is -0.951. The number of carbonyl (C=O) groups excluding carboxylic acids is 1. The zero-order chi connectivity index (χ0) is 13.4. The van der Waals surface area contributed by atoms with Gasteiger partial charge in [-0.05, 0) is 12.8 Å². The van der Waals surface area contributed by atoms with Crippen LogP contribution in [0.25, 0.3) is 0 Å². The molecule has 2 fully saturated rings. The highest BCUT2D eigenvalue weighted by Crippen LogP contribution is 2.33. The summed E-state index contributed by atoms with van der Waals surface area (Å²) in [7, 11) is 0. The van der Waals surface area contributed by atoms with Crippen molar-refractivity contribution in [2.45, 2.75) is 44.0 Å². The van der Waals surface area contributed by atoms with E-state index >= 15 is 0 Å². The topological polar surface area (TPSA) is 90.2 Å². The minimum absolute atomic E-state index is 0.157. The average Bonchev–Trinajstić information content (AvgIpc) is 2.86. The second-order valence-corrected chi connectivity index (χ2v) is 4.85. The number of aromatic nitrogens is 1. The first kappa shape index (κ1) is 12.2. The molecule has 0 radical (unpaired) electrons. The molecule has 2 bridgehead atoms. The molecule has 1 unspecified atom stereocenters. The Balaban J connectivity index is 1.57. The first-order chi connectivity index (χ1) is 9.11. The Bertz CT molecular complexity index is 453. The van der Waals surface area contributed by atoms with Crippen LogP contribution in [0, 0.1) is 0 Å². The highest BCUT2D eigenvalue weighted by molar-refractivity contribution is 5.61. The zero-order valence-electron chi connectivity index (χ0n) is 10.2. The SMILES string of the molecule is O=C(OC1C[C@H]2CC[C@@H](C1)O2)On1c(O)ccc1O. The molecule has 3 atom stereocenters. The van der Waals surface area contributed by atoms with Crippen LogP contribution < -0.4 is 4.84 Å². The second-order valence-electron chi connectivity index (χ2n) is 4.85. The molecule has 19 heavy (non-hydrogen) atoms.